The van der Waals surface area contributed by atoms with Gasteiger partial charge in [-0.2, -0.15) is 0 Å². The molecule has 0 radical (unpaired) electrons. The van der Waals surface area contributed by atoms with Gasteiger partial charge in [-0.1, -0.05) is 0 Å². The lowest BCUT2D eigenvalue weighted by Gasteiger charge is -2.23. The molecule has 1 N–H and O–H groups in total. The van der Waals surface area contributed by atoms with Gasteiger partial charge in [0.05, 0.1) is 0 Å². The smallest absolute Gasteiger partial charge is 0.339 e. The van der Waals surface area contributed by atoms with Crippen molar-refractivity contribution in [2.75, 3.05) is 13.1 Å². The molecule has 1 unspecified atom stereocenters. The van der Waals surface area contributed by atoms with Crippen molar-refractivity contribution in [3.8, 4) is 5.75 Å². The van der Waals surface area contributed by atoms with Gasteiger partial charge in [0.2, 0.25) is 0 Å². The Balaban J connectivity index is 2.95. The lowest BCUT2D eigenvalue weighted by molar-refractivity contribution is -0.137. The van der Waals surface area contributed by atoms with Crippen LogP contribution in [0.1, 0.15) is 31.1 Å². The van der Waals surface area contributed by atoms with Gasteiger partial charge in [-0.25, -0.2) is 9.18 Å². The third kappa shape index (κ3) is 3.69. The molecule has 0 aliphatic heterocycles. The van der Waals surface area contributed by atoms with Gasteiger partial charge in [-0.3, -0.25) is 4.79 Å². The summed E-state index contributed by atoms with van der Waals surface area (Å²) in [4.78, 5) is 24.6. The van der Waals surface area contributed by atoms with Crippen molar-refractivity contribution in [1.82, 2.24) is 4.90 Å². The van der Waals surface area contributed by atoms with E-state index in [0.29, 0.717) is 13.1 Å². The number of nitrogens with zero attached hydrogens (tertiary/aromatic N) is 1. The van der Waals surface area contributed by atoms with Crippen LogP contribution in [0.4, 0.5) is 4.39 Å². The summed E-state index contributed by atoms with van der Waals surface area (Å²) in [6.07, 6.45) is -0.880. The number of benzene rings is 1. The van der Waals surface area contributed by atoms with Gasteiger partial charge < -0.3 is 14.7 Å². The molecular formula is C14H18FNO4. The predicted octanol–water partition coefficient (Wildman–Crippen LogP) is 2.16. The Morgan fingerprint density at radius 1 is 1.35 bits per heavy atom. The summed E-state index contributed by atoms with van der Waals surface area (Å²) in [6, 6.07) is 3.12. The molecule has 110 valence electrons. The monoisotopic (exact) mass is 283 g/mol. The zero-order valence-electron chi connectivity index (χ0n) is 11.7. The lowest BCUT2D eigenvalue weighted by Crippen LogP contribution is -2.40. The van der Waals surface area contributed by atoms with E-state index in [0.717, 1.165) is 18.2 Å². The number of hydrogen-bond acceptors (Lipinski definition) is 3. The summed E-state index contributed by atoms with van der Waals surface area (Å²) in [5.41, 5.74) is -0.175. The highest BCUT2D eigenvalue weighted by Crippen LogP contribution is 2.21. The van der Waals surface area contributed by atoms with Crippen LogP contribution in [-0.4, -0.2) is 41.1 Å². The Bertz CT molecular complexity index is 500. The van der Waals surface area contributed by atoms with Crippen LogP contribution in [0.2, 0.25) is 0 Å². The quantitative estimate of drug-likeness (QED) is 0.868. The molecule has 0 aliphatic rings. The molecule has 6 heteroatoms. The number of likely N-dealkylation sites (N-methyl/N-ethyl adjacent to an activating group) is 1. The number of aromatic carboxylic acids is 1. The minimum atomic E-state index is -1.23. The van der Waals surface area contributed by atoms with Gasteiger partial charge >= 0.3 is 5.97 Å². The van der Waals surface area contributed by atoms with Gasteiger partial charge in [-0.15, -0.1) is 0 Å². The topological polar surface area (TPSA) is 66.8 Å². The first-order chi connectivity index (χ1) is 9.40. The number of carboxylic acids is 1. The first-order valence-corrected chi connectivity index (χ1v) is 6.38. The fourth-order valence-electron chi connectivity index (χ4n) is 1.80. The van der Waals surface area contributed by atoms with E-state index in [9.17, 15) is 14.0 Å². The number of carboxylic acid groups (broad SMARTS) is 1. The van der Waals surface area contributed by atoms with Crippen molar-refractivity contribution < 1.29 is 23.8 Å². The van der Waals surface area contributed by atoms with Gasteiger partial charge in [-0.05, 0) is 32.9 Å². The molecule has 1 aromatic rings. The highest BCUT2D eigenvalue weighted by molar-refractivity contribution is 5.91. The second-order valence-corrected chi connectivity index (χ2v) is 4.22. The Kier molecular flexibility index (Phi) is 5.49. The van der Waals surface area contributed by atoms with E-state index < -0.39 is 17.9 Å². The van der Waals surface area contributed by atoms with Crippen LogP contribution in [-0.2, 0) is 4.79 Å². The Labute approximate surface area is 117 Å². The molecule has 0 bridgehead atoms. The number of carbonyl (C=O) groups excluding carboxylic acids is 1. The number of rotatable bonds is 6. The van der Waals surface area contributed by atoms with E-state index in [1.807, 2.05) is 13.8 Å². The average Bonchev–Trinajstić information content (AvgIpc) is 2.39. The zero-order valence-corrected chi connectivity index (χ0v) is 11.7. The first-order valence-electron chi connectivity index (χ1n) is 6.38. The van der Waals surface area contributed by atoms with E-state index in [1.54, 1.807) is 4.90 Å². The first kappa shape index (κ1) is 15.9. The lowest BCUT2D eigenvalue weighted by atomic mass is 10.2. The predicted molar refractivity (Wildman–Crippen MR) is 71.4 cm³/mol. The molecule has 1 aromatic carbocycles. The van der Waals surface area contributed by atoms with E-state index in [4.69, 9.17) is 9.84 Å². The third-order valence-corrected chi connectivity index (χ3v) is 2.90. The van der Waals surface area contributed by atoms with Crippen LogP contribution in [0, 0.1) is 5.82 Å². The maximum absolute atomic E-state index is 13.2. The zero-order chi connectivity index (χ0) is 15.3. The standard InChI is InChI=1S/C14H18FNO4/c1-4-16(5-2)13(17)9(3)20-12-8-10(15)6-7-11(12)14(18)19/h6-9H,4-5H2,1-3H3,(H,18,19). The molecule has 0 aromatic heterocycles. The summed E-state index contributed by atoms with van der Waals surface area (Å²) in [7, 11) is 0. The number of ether oxygens (including phenoxy) is 1. The summed E-state index contributed by atoms with van der Waals surface area (Å²) in [5.74, 6) is -2.27. The van der Waals surface area contributed by atoms with Crippen LogP contribution in [0.5, 0.6) is 5.75 Å². The molecule has 0 spiro atoms. The van der Waals surface area contributed by atoms with Crippen molar-refractivity contribution in [2.45, 2.75) is 26.9 Å². The molecule has 0 aliphatic carbocycles. The summed E-state index contributed by atoms with van der Waals surface area (Å²) < 4.78 is 18.5. The fourth-order valence-corrected chi connectivity index (χ4v) is 1.80. The Morgan fingerprint density at radius 3 is 2.45 bits per heavy atom. The summed E-state index contributed by atoms with van der Waals surface area (Å²) in [5, 5.41) is 9.01. The number of amides is 1. The van der Waals surface area contributed by atoms with Crippen LogP contribution in [0.15, 0.2) is 18.2 Å². The van der Waals surface area contributed by atoms with Crippen LogP contribution < -0.4 is 4.74 Å². The van der Waals surface area contributed by atoms with Crippen molar-refractivity contribution in [3.63, 3.8) is 0 Å². The van der Waals surface area contributed by atoms with E-state index >= 15 is 0 Å². The van der Waals surface area contributed by atoms with Crippen LogP contribution >= 0.6 is 0 Å². The van der Waals surface area contributed by atoms with Gasteiger partial charge in [0.15, 0.2) is 6.10 Å². The minimum absolute atomic E-state index is 0.148. The summed E-state index contributed by atoms with van der Waals surface area (Å²) in [6.45, 7) is 6.23. The van der Waals surface area contributed by atoms with E-state index in [-0.39, 0.29) is 17.2 Å². The maximum atomic E-state index is 13.2. The molecule has 1 atom stereocenters. The second-order valence-electron chi connectivity index (χ2n) is 4.22. The molecule has 1 rings (SSSR count). The SMILES string of the molecule is CCN(CC)C(=O)C(C)Oc1cc(F)ccc1C(=O)O. The number of halogens is 1. The summed E-state index contributed by atoms with van der Waals surface area (Å²) >= 11 is 0. The molecule has 0 saturated heterocycles. The van der Waals surface area contributed by atoms with Crippen LogP contribution in [0.3, 0.4) is 0 Å². The van der Waals surface area contributed by atoms with E-state index in [2.05, 4.69) is 0 Å². The highest BCUT2D eigenvalue weighted by Gasteiger charge is 2.22. The second kappa shape index (κ2) is 6.88. The molecule has 0 heterocycles. The Morgan fingerprint density at radius 2 is 1.95 bits per heavy atom. The fraction of sp³-hybridized carbons (Fsp3) is 0.429. The third-order valence-electron chi connectivity index (χ3n) is 2.90. The van der Waals surface area contributed by atoms with Crippen molar-refractivity contribution in [3.05, 3.63) is 29.6 Å². The maximum Gasteiger partial charge on any atom is 0.339 e. The molecule has 1 amide bonds. The van der Waals surface area contributed by atoms with Crippen molar-refractivity contribution in [1.29, 1.82) is 0 Å². The molecule has 20 heavy (non-hydrogen) atoms. The van der Waals surface area contributed by atoms with Crippen molar-refractivity contribution >= 4 is 11.9 Å². The van der Waals surface area contributed by atoms with Crippen molar-refractivity contribution in [2.24, 2.45) is 0 Å². The Hall–Kier alpha value is -2.11. The van der Waals surface area contributed by atoms with E-state index in [1.165, 1.54) is 6.92 Å². The average molecular weight is 283 g/mol. The largest absolute Gasteiger partial charge is 0.480 e. The highest BCUT2D eigenvalue weighted by atomic mass is 19.1. The molecule has 0 fully saturated rings. The molecule has 5 nitrogen and oxygen atoms in total. The molecule has 0 saturated carbocycles. The number of hydrogen-bond donors (Lipinski definition) is 1. The number of carbonyl (C=O) groups is 2. The van der Waals surface area contributed by atoms with Crippen LogP contribution in [0.25, 0.3) is 0 Å². The van der Waals surface area contributed by atoms with Gasteiger partial charge in [0.1, 0.15) is 17.1 Å². The van der Waals surface area contributed by atoms with Gasteiger partial charge in [0.25, 0.3) is 5.91 Å². The van der Waals surface area contributed by atoms with Gasteiger partial charge in [0, 0.05) is 19.2 Å². The molecular weight excluding hydrogens is 265 g/mol. The normalized spacial score (nSPS) is 11.8. The minimum Gasteiger partial charge on any atom is -0.480 e.